The Morgan fingerprint density at radius 1 is 0.643 bits per heavy atom. The molecule has 6 fully saturated rings. The molecule has 6 N–H and O–H groups in total. The first-order valence-electron chi connectivity index (χ1n) is 25.2. The minimum Gasteiger partial charge on any atom is -0.399 e. The topological polar surface area (TPSA) is 155 Å². The summed E-state index contributed by atoms with van der Waals surface area (Å²) in [4.78, 5) is 26.0. The fraction of sp³-hybridized carbons (Fsp3) is 0.608. The molecule has 3 aromatic rings. The van der Waals surface area contributed by atoms with Crippen LogP contribution in [0.5, 0.6) is 0 Å². The van der Waals surface area contributed by atoms with Crippen molar-refractivity contribution in [1.29, 1.82) is 0 Å². The van der Waals surface area contributed by atoms with E-state index in [0.717, 1.165) is 156 Å². The Morgan fingerprint density at radius 2 is 1.14 bits per heavy atom. The smallest absolute Gasteiger partial charge is 0.217 e. The lowest BCUT2D eigenvalue weighted by atomic mass is 9.89. The molecule has 386 valence electrons. The minimum atomic E-state index is -3.12. The van der Waals surface area contributed by atoms with E-state index >= 15 is 0 Å². The van der Waals surface area contributed by atoms with Crippen LogP contribution in [0.2, 0.25) is 0 Å². The van der Waals surface area contributed by atoms with Crippen LogP contribution in [-0.2, 0) is 34.1 Å². The van der Waals surface area contributed by atoms with Gasteiger partial charge in [0, 0.05) is 65.4 Å². The molecule has 10 rings (SSSR count). The van der Waals surface area contributed by atoms with Crippen molar-refractivity contribution >= 4 is 43.9 Å². The zero-order valence-corrected chi connectivity index (χ0v) is 44.2. The van der Waals surface area contributed by atoms with E-state index < -0.39 is 9.84 Å². The number of carbonyl (C=O) groups excluding carboxylic acids is 1. The molecule has 0 amide bonds. The summed E-state index contributed by atoms with van der Waals surface area (Å²) in [6.07, 6.45) is 9.70. The van der Waals surface area contributed by atoms with Crippen molar-refractivity contribution in [3.8, 4) is 0 Å². The zero-order chi connectivity index (χ0) is 48.2. The van der Waals surface area contributed by atoms with Crippen LogP contribution in [0.3, 0.4) is 0 Å². The molecule has 0 aromatic heterocycles. The van der Waals surface area contributed by atoms with Crippen LogP contribution in [0, 0.1) is 3.57 Å². The molecule has 6 atom stereocenters. The number of nitrogens with zero attached hydrogens (tertiary/aromatic N) is 7. The first kappa shape index (κ1) is 54.8. The third kappa shape index (κ3) is 15.3. The molecule has 6 unspecified atom stereocenters. The standard InChI is InChI=1S/C19H29N4O.C16H25IN5O.C15H25N4O2S.CH4/c24-19(18-7-6-16-4-1-2-5-17(16)10-18)11-23-9-3-8-22(15-23)13-20-12-21-14-23;1-23-20-16(14-3-5-15(17)6-4-14)9-22-8-2-7-21(13-22)11-18-10-19-12-22;1-22(20,21)15-5-3-14(4-6-15)9-19-8-2-7-18(13-19)11-16-10-17-12-19;/h6-7,10,20-21H,1-5,8-9,11-15H2;3-6,18-19H,2,7-13H2,1H3;3-6,16-17H,2,7-13H2,1H3;1H4/q3*+1;/b;20-16-;;. The predicted molar refractivity (Wildman–Crippen MR) is 286 cm³/mol. The summed E-state index contributed by atoms with van der Waals surface area (Å²) in [5.74, 6) is 0.306. The summed E-state index contributed by atoms with van der Waals surface area (Å²) in [6.45, 7) is 20.5. The van der Waals surface area contributed by atoms with Gasteiger partial charge in [-0.1, -0.05) is 49.0 Å². The highest BCUT2D eigenvalue weighted by Gasteiger charge is 2.39. The minimum absolute atomic E-state index is 0. The quantitative estimate of drug-likeness (QED) is 0.0580. The fourth-order valence-corrected chi connectivity index (χ4v) is 12.5. The Labute approximate surface area is 432 Å². The van der Waals surface area contributed by atoms with Crippen LogP contribution in [0.1, 0.15) is 72.1 Å². The van der Waals surface area contributed by atoms with Gasteiger partial charge in [-0.15, -0.1) is 0 Å². The van der Waals surface area contributed by atoms with E-state index in [0.29, 0.717) is 17.2 Å². The molecular formula is C51H83IN13O4S+3. The number of nitrogens with one attached hydrogen (secondary N) is 6. The van der Waals surface area contributed by atoms with Crippen molar-refractivity contribution in [2.45, 2.75) is 63.8 Å². The van der Waals surface area contributed by atoms with Crippen LogP contribution in [0.25, 0.3) is 0 Å². The van der Waals surface area contributed by atoms with E-state index in [2.05, 4.69) is 117 Å². The second kappa shape index (κ2) is 25.8. The first-order valence-corrected chi connectivity index (χ1v) is 28.2. The fourth-order valence-electron chi connectivity index (χ4n) is 11.5. The monoisotopic (exact) mass is 1100 g/mol. The van der Waals surface area contributed by atoms with Crippen molar-refractivity contribution in [2.75, 3.05) is 146 Å². The second-order valence-corrected chi connectivity index (χ2v) is 23.8. The molecule has 6 bridgehead atoms. The molecule has 0 radical (unpaired) electrons. The van der Waals surface area contributed by atoms with E-state index in [-0.39, 0.29) is 7.43 Å². The second-order valence-electron chi connectivity index (χ2n) is 20.6. The van der Waals surface area contributed by atoms with Crippen LogP contribution >= 0.6 is 22.6 Å². The third-order valence-electron chi connectivity index (χ3n) is 14.8. The predicted octanol–water partition coefficient (Wildman–Crippen LogP) is 3.25. The van der Waals surface area contributed by atoms with E-state index in [9.17, 15) is 13.2 Å². The number of benzene rings is 3. The van der Waals surface area contributed by atoms with Gasteiger partial charge in [-0.3, -0.25) is 50.1 Å². The average Bonchev–Trinajstić information content (AvgIpc) is 3.33. The Bertz CT molecular complexity index is 2290. The summed E-state index contributed by atoms with van der Waals surface area (Å²) in [7, 11) is -1.49. The molecule has 70 heavy (non-hydrogen) atoms. The molecule has 1 aliphatic carbocycles. The maximum atomic E-state index is 13.0. The number of hydrogen-bond acceptors (Lipinski definition) is 14. The number of Topliss-reactive ketones (excluding diaryl/α,β-unsaturated/α-hetero) is 1. The van der Waals surface area contributed by atoms with E-state index in [1.165, 1.54) is 78.1 Å². The third-order valence-corrected chi connectivity index (χ3v) is 16.6. The lowest BCUT2D eigenvalue weighted by Crippen LogP contribution is -2.67. The Hall–Kier alpha value is -3.00. The van der Waals surface area contributed by atoms with Gasteiger partial charge < -0.3 is 4.84 Å². The van der Waals surface area contributed by atoms with Gasteiger partial charge in [-0.05, 0) is 89.7 Å². The number of quaternary nitrogens is 3. The number of oxime groups is 1. The maximum absolute atomic E-state index is 13.0. The van der Waals surface area contributed by atoms with Crippen LogP contribution in [0.15, 0.2) is 76.8 Å². The van der Waals surface area contributed by atoms with E-state index in [4.69, 9.17) is 4.84 Å². The number of hydrogen-bond donors (Lipinski definition) is 6. The summed E-state index contributed by atoms with van der Waals surface area (Å²) in [6, 6.07) is 22.3. The number of halogens is 1. The summed E-state index contributed by atoms with van der Waals surface area (Å²) >= 11 is 2.33. The van der Waals surface area contributed by atoms with Gasteiger partial charge in [0.15, 0.2) is 9.84 Å². The van der Waals surface area contributed by atoms with Gasteiger partial charge in [0.05, 0.1) is 64.5 Å². The van der Waals surface area contributed by atoms with Crippen molar-refractivity contribution in [3.05, 3.63) is 98.1 Å². The van der Waals surface area contributed by atoms with E-state index in [1.54, 1.807) is 19.2 Å². The van der Waals surface area contributed by atoms with Gasteiger partial charge >= 0.3 is 0 Å². The molecule has 6 aliphatic heterocycles. The van der Waals surface area contributed by atoms with Crippen molar-refractivity contribution in [2.24, 2.45) is 5.16 Å². The summed E-state index contributed by atoms with van der Waals surface area (Å²) < 4.78 is 27.2. The molecular weight excluding hydrogens is 1020 g/mol. The van der Waals surface area contributed by atoms with E-state index in [1.807, 2.05) is 12.1 Å². The van der Waals surface area contributed by atoms with Gasteiger partial charge in [0.1, 0.15) is 72.5 Å². The Kier molecular flexibility index (Phi) is 20.2. The number of ketones is 1. The number of sulfone groups is 1. The van der Waals surface area contributed by atoms with Gasteiger partial charge in [0.2, 0.25) is 5.78 Å². The summed E-state index contributed by atoms with van der Waals surface area (Å²) in [5.41, 5.74) is 7.15. The summed E-state index contributed by atoms with van der Waals surface area (Å²) in [5, 5.41) is 25.0. The maximum Gasteiger partial charge on any atom is 0.217 e. The highest BCUT2D eigenvalue weighted by Crippen LogP contribution is 2.26. The first-order chi connectivity index (χ1) is 33.4. The normalized spacial score (nSPS) is 29.1. The lowest BCUT2D eigenvalue weighted by Gasteiger charge is -2.47. The molecule has 6 heterocycles. The molecule has 3 aromatic carbocycles. The van der Waals surface area contributed by atoms with Crippen molar-refractivity contribution < 1.29 is 31.5 Å². The lowest BCUT2D eigenvalue weighted by molar-refractivity contribution is -0.958. The van der Waals surface area contributed by atoms with Gasteiger partial charge in [-0.25, -0.2) is 23.1 Å². The van der Waals surface area contributed by atoms with Crippen molar-refractivity contribution in [3.63, 3.8) is 0 Å². The molecule has 19 heteroatoms. The van der Waals surface area contributed by atoms with Crippen LogP contribution in [0.4, 0.5) is 0 Å². The van der Waals surface area contributed by atoms with Crippen LogP contribution in [-0.4, -0.2) is 194 Å². The van der Waals surface area contributed by atoms with Crippen LogP contribution < -0.4 is 31.9 Å². The Morgan fingerprint density at radius 3 is 1.70 bits per heavy atom. The highest BCUT2D eigenvalue weighted by atomic mass is 127. The Balaban J connectivity index is 0.000000154. The SMILES string of the molecule is C.CO/N=C(/C[N+]12CCCN(CNCNC1)C2)c1ccc(I)cc1.CS(=O)(=O)c1ccc(C[N+]23CCCN(CNCNC2)C3)cc1.O=C(C[N+]12CCCN(CNCNC1)C2)c1ccc2c(c1)CCCC2. The molecule has 0 saturated carbocycles. The average molecular weight is 1100 g/mol. The molecule has 7 aliphatic rings. The van der Waals surface area contributed by atoms with Gasteiger partial charge in [0.25, 0.3) is 0 Å². The number of carbonyl (C=O) groups is 1. The number of fused-ring (bicyclic) bond motifs is 7. The molecule has 6 saturated heterocycles. The largest absolute Gasteiger partial charge is 0.399 e. The number of aryl methyl sites for hydroxylation is 2. The zero-order valence-electron chi connectivity index (χ0n) is 41.2. The van der Waals surface area contributed by atoms with Gasteiger partial charge in [-0.2, -0.15) is 0 Å². The molecule has 0 spiro atoms. The highest BCUT2D eigenvalue weighted by molar-refractivity contribution is 14.1. The van der Waals surface area contributed by atoms with Crippen molar-refractivity contribution in [1.82, 2.24) is 46.6 Å². The molecule has 17 nitrogen and oxygen atoms in total. The number of rotatable bonds is 10.